The van der Waals surface area contributed by atoms with Crippen LogP contribution in [0.2, 0.25) is 0 Å². The highest BCUT2D eigenvalue weighted by Gasteiger charge is 2.35. The summed E-state index contributed by atoms with van der Waals surface area (Å²) in [5.41, 5.74) is -6.43. The average Bonchev–Trinajstić information content (AvgIpc) is 2.03. The highest BCUT2D eigenvalue weighted by molar-refractivity contribution is 6.16. The van der Waals surface area contributed by atoms with Crippen molar-refractivity contribution in [3.63, 3.8) is 0 Å². The minimum atomic E-state index is -1.43. The van der Waals surface area contributed by atoms with Gasteiger partial charge in [-0.2, -0.15) is 0 Å². The van der Waals surface area contributed by atoms with Gasteiger partial charge >= 0.3 is 0 Å². The molecule has 0 atom stereocenters. The summed E-state index contributed by atoms with van der Waals surface area (Å²) < 4.78 is 260. The molecule has 0 fully saturated rings. The Labute approximate surface area is 348 Å². The van der Waals surface area contributed by atoms with E-state index in [0.29, 0.717) is 0 Å². The molecule has 0 aliphatic heterocycles. The van der Waals surface area contributed by atoms with Crippen LogP contribution >= 0.6 is 0 Å². The summed E-state index contributed by atoms with van der Waals surface area (Å²) in [6.45, 7) is 3.09. The zero-order valence-electron chi connectivity index (χ0n) is 55.6. The lowest BCUT2D eigenvalue weighted by Gasteiger charge is -2.22. The molecule has 0 spiro atoms. The standard InChI is InChI=1S/C52H36O/c1-52(2)47-18-10-9-15-40(47)45-31-36(24-27-48(45)52)50-41-16-7-5-13-38(41)44(39-14-6-8-17-42(39)50)29-32-19-21-33(22-20-32)35-25-28-49-46(30-35)43-26-23-34-11-3-4-12-37(34)51(43)53-49/h3-28,30-31H,29H2,1-2H3/i3D,4D,5D,6D,7D,8D,9D,10D,11D,12D,13D,14D,15D,16D,17D,18D,19D,20D,21D,22D,23D,24D,25D,26D,27D,28D,30D,31D. The fourth-order valence-electron chi connectivity index (χ4n) is 7.18. The summed E-state index contributed by atoms with van der Waals surface area (Å²) in [6, 6.07) is -21.8. The first-order chi connectivity index (χ1) is 37.7. The minimum absolute atomic E-state index is 0.00500. The Morgan fingerprint density at radius 2 is 1.09 bits per heavy atom. The summed E-state index contributed by atoms with van der Waals surface area (Å²) in [6.07, 6.45) is -0.913. The summed E-state index contributed by atoms with van der Waals surface area (Å²) in [7, 11) is 0. The van der Waals surface area contributed by atoms with Crippen molar-refractivity contribution in [3.8, 4) is 33.4 Å². The predicted molar refractivity (Wildman–Crippen MR) is 224 cm³/mol. The Morgan fingerprint density at radius 3 is 1.87 bits per heavy atom. The fraction of sp³-hybridized carbons (Fsp3) is 0.0769. The molecule has 53 heavy (non-hydrogen) atoms. The normalized spacial score (nSPS) is 20.7. The Morgan fingerprint density at radius 1 is 0.472 bits per heavy atom. The van der Waals surface area contributed by atoms with Crippen LogP contribution in [0.5, 0.6) is 0 Å². The van der Waals surface area contributed by atoms with Gasteiger partial charge < -0.3 is 4.42 Å². The lowest BCUT2D eigenvalue weighted by molar-refractivity contribution is 0.660. The molecule has 1 aliphatic carbocycles. The van der Waals surface area contributed by atoms with Gasteiger partial charge in [0, 0.05) is 21.6 Å². The highest BCUT2D eigenvalue weighted by Crippen LogP contribution is 2.50. The van der Waals surface area contributed by atoms with Crippen LogP contribution in [0, 0.1) is 0 Å². The van der Waals surface area contributed by atoms with Gasteiger partial charge in [0.25, 0.3) is 0 Å². The molecule has 0 saturated carbocycles. The van der Waals surface area contributed by atoms with Crippen LogP contribution in [-0.4, -0.2) is 0 Å². The van der Waals surface area contributed by atoms with Gasteiger partial charge in [-0.1, -0.05) is 159 Å². The maximum Gasteiger partial charge on any atom is 0.143 e. The third-order valence-electron chi connectivity index (χ3n) is 9.70. The Balaban J connectivity index is 1.24. The van der Waals surface area contributed by atoms with Gasteiger partial charge in [-0.15, -0.1) is 0 Å². The van der Waals surface area contributed by atoms with Gasteiger partial charge in [-0.25, -0.2) is 0 Å². The molecule has 0 saturated heterocycles. The number of benzene rings is 9. The second kappa shape index (κ2) is 11.3. The molecule has 1 aliphatic rings. The van der Waals surface area contributed by atoms with Crippen LogP contribution in [0.1, 0.15) is 74.5 Å². The van der Waals surface area contributed by atoms with Crippen molar-refractivity contribution in [2.45, 2.75) is 25.7 Å². The van der Waals surface area contributed by atoms with Gasteiger partial charge in [-0.05, 0) is 113 Å². The van der Waals surface area contributed by atoms with Gasteiger partial charge in [0.1, 0.15) is 11.2 Å². The van der Waals surface area contributed by atoms with E-state index in [0.717, 1.165) is 0 Å². The SMILES string of the molecule is [2H]c1c([2H])c([2H])c2c(c1[2H])-c1c([2H])c(-c3c4c([2H])c([2H])c([2H])c([2H])c4c(Cc4c([2H])c([2H])c(-c5c([2H])c([2H])c6oc7c8c([2H])c([2H])c([2H])c([2H])c8c([2H])c([2H])c7c6c5[2H])c([2H])c4[2H])c4c([2H])c([2H])c([2H])c([2H])c34)c([2H])c([2H])c1C2(C)C. The third kappa shape index (κ3) is 4.50. The lowest BCUT2D eigenvalue weighted by atomic mass is 9.81. The summed E-state index contributed by atoms with van der Waals surface area (Å²) in [4.78, 5) is 0. The molecule has 1 aromatic heterocycles. The number of hydrogen-bond acceptors (Lipinski definition) is 1. The van der Waals surface area contributed by atoms with E-state index in [4.69, 9.17) is 26.3 Å². The quantitative estimate of drug-likeness (QED) is 0.166. The zero-order chi connectivity index (χ0) is 59.6. The molecular formula is C52H36O. The van der Waals surface area contributed by atoms with E-state index < -0.39 is 258 Å². The van der Waals surface area contributed by atoms with E-state index in [1.165, 1.54) is 0 Å². The Kier molecular flexibility index (Phi) is 2.88. The molecule has 0 amide bonds. The molecule has 250 valence electrons. The van der Waals surface area contributed by atoms with Crippen molar-refractivity contribution >= 4 is 54.3 Å². The van der Waals surface area contributed by atoms with Crippen LogP contribution in [0.4, 0.5) is 0 Å². The third-order valence-corrected chi connectivity index (χ3v) is 9.70. The van der Waals surface area contributed by atoms with Crippen molar-refractivity contribution in [3.05, 3.63) is 191 Å². The van der Waals surface area contributed by atoms with E-state index in [1.807, 2.05) is 0 Å². The first kappa shape index (κ1) is 13.5. The van der Waals surface area contributed by atoms with Gasteiger partial charge in [0.2, 0.25) is 0 Å². The van der Waals surface area contributed by atoms with E-state index in [9.17, 15) is 16.4 Å². The predicted octanol–water partition coefficient (Wildman–Crippen LogP) is 14.3. The van der Waals surface area contributed by atoms with Crippen LogP contribution in [0.25, 0.3) is 87.6 Å². The Bertz CT molecular complexity index is 4620. The number of furan rings is 1. The molecule has 10 aromatic rings. The molecule has 1 heterocycles. The minimum Gasteiger partial charge on any atom is -0.455 e. The topological polar surface area (TPSA) is 13.1 Å². The van der Waals surface area contributed by atoms with Crippen LogP contribution in [0.3, 0.4) is 0 Å². The van der Waals surface area contributed by atoms with Crippen LogP contribution < -0.4 is 0 Å². The molecule has 9 aromatic carbocycles. The second-order valence-electron chi connectivity index (χ2n) is 13.0. The molecule has 11 rings (SSSR count). The summed E-state index contributed by atoms with van der Waals surface area (Å²) in [5, 5.41) is -3.77. The van der Waals surface area contributed by atoms with E-state index in [2.05, 4.69) is 0 Å². The van der Waals surface area contributed by atoms with Gasteiger partial charge in [0.15, 0.2) is 0 Å². The molecule has 0 N–H and O–H groups in total. The smallest absolute Gasteiger partial charge is 0.143 e. The maximum atomic E-state index is 9.90. The number of rotatable bonds is 4. The number of fused-ring (bicyclic) bond motifs is 10. The largest absolute Gasteiger partial charge is 0.455 e. The zero-order valence-corrected chi connectivity index (χ0v) is 27.6. The van der Waals surface area contributed by atoms with Crippen molar-refractivity contribution in [1.82, 2.24) is 0 Å². The Hall–Kier alpha value is -6.44. The van der Waals surface area contributed by atoms with Crippen molar-refractivity contribution < 1.29 is 42.8 Å². The first-order valence-corrected chi connectivity index (χ1v) is 16.4. The summed E-state index contributed by atoms with van der Waals surface area (Å²) >= 11 is 0. The monoisotopic (exact) mass is 704 g/mol. The number of hydrogen-bond donors (Lipinski definition) is 0. The molecule has 1 nitrogen and oxygen atoms in total. The average molecular weight is 705 g/mol. The highest BCUT2D eigenvalue weighted by atomic mass is 16.3. The van der Waals surface area contributed by atoms with Gasteiger partial charge in [-0.3, -0.25) is 0 Å². The van der Waals surface area contributed by atoms with Crippen molar-refractivity contribution in [1.29, 1.82) is 0 Å². The first-order valence-electron chi connectivity index (χ1n) is 30.4. The lowest BCUT2D eigenvalue weighted by Crippen LogP contribution is -2.14. The van der Waals surface area contributed by atoms with Crippen molar-refractivity contribution in [2.75, 3.05) is 0 Å². The molecule has 0 radical (unpaired) electrons. The fourth-order valence-corrected chi connectivity index (χ4v) is 7.18. The molecule has 0 bridgehead atoms. The van der Waals surface area contributed by atoms with E-state index in [1.54, 1.807) is 13.8 Å². The van der Waals surface area contributed by atoms with Gasteiger partial charge in [0.05, 0.1) is 38.4 Å². The van der Waals surface area contributed by atoms with E-state index >= 15 is 0 Å². The van der Waals surface area contributed by atoms with E-state index in [-0.39, 0.29) is 33.0 Å². The van der Waals surface area contributed by atoms with Crippen molar-refractivity contribution in [2.24, 2.45) is 0 Å². The molecule has 0 unspecified atom stereocenters. The van der Waals surface area contributed by atoms with Crippen LogP contribution in [-0.2, 0) is 11.8 Å². The molecular weight excluding hydrogens is 641 g/mol. The second-order valence-corrected chi connectivity index (χ2v) is 13.0. The molecule has 1 heteroatoms. The summed E-state index contributed by atoms with van der Waals surface area (Å²) in [5.74, 6) is 0. The maximum absolute atomic E-state index is 9.90. The van der Waals surface area contributed by atoms with Crippen LogP contribution in [0.15, 0.2) is 174 Å².